The molecule has 0 spiro atoms. The molecule has 2 rings (SSSR count). The molecule has 0 saturated heterocycles. The highest BCUT2D eigenvalue weighted by Gasteiger charge is 2.15. The summed E-state index contributed by atoms with van der Waals surface area (Å²) in [5, 5.41) is 3.44. The topological polar surface area (TPSA) is 63.6 Å². The summed E-state index contributed by atoms with van der Waals surface area (Å²) in [7, 11) is 0. The van der Waals surface area contributed by atoms with Gasteiger partial charge in [-0.05, 0) is 19.9 Å². The van der Waals surface area contributed by atoms with Crippen molar-refractivity contribution in [2.45, 2.75) is 26.3 Å². The first-order valence-electron chi connectivity index (χ1n) is 6.08. The molecular weight excluding hydrogens is 226 g/mol. The normalized spacial score (nSPS) is 12.3. The lowest BCUT2D eigenvalue weighted by Gasteiger charge is -2.17. The fraction of sp³-hybridized carbons (Fsp3) is 0.385. The van der Waals surface area contributed by atoms with Crippen molar-refractivity contribution in [1.29, 1.82) is 0 Å². The van der Waals surface area contributed by atoms with Crippen LogP contribution in [0.2, 0.25) is 0 Å². The largest absolute Gasteiger partial charge is 0.305 e. The van der Waals surface area contributed by atoms with Crippen LogP contribution in [-0.4, -0.2) is 26.5 Å². The predicted molar refractivity (Wildman–Crippen MR) is 68.9 cm³/mol. The summed E-state index contributed by atoms with van der Waals surface area (Å²) in [6.45, 7) is 4.97. The van der Waals surface area contributed by atoms with Gasteiger partial charge >= 0.3 is 0 Å². The van der Waals surface area contributed by atoms with Crippen molar-refractivity contribution in [3.8, 4) is 0 Å². The van der Waals surface area contributed by atoms with Crippen LogP contribution in [-0.2, 0) is 0 Å². The van der Waals surface area contributed by atoms with Crippen molar-refractivity contribution in [2.75, 3.05) is 6.54 Å². The first kappa shape index (κ1) is 12.6. The number of rotatable bonds is 5. The number of aryl methyl sites for hydroxylation is 1. The average Bonchev–Trinajstić information content (AvgIpc) is 2.42. The zero-order chi connectivity index (χ0) is 12.8. The monoisotopic (exact) mass is 243 g/mol. The van der Waals surface area contributed by atoms with Crippen molar-refractivity contribution < 1.29 is 0 Å². The van der Waals surface area contributed by atoms with Gasteiger partial charge in [-0.3, -0.25) is 9.97 Å². The van der Waals surface area contributed by atoms with Crippen LogP contribution in [0, 0.1) is 6.92 Å². The molecule has 1 atom stereocenters. The Morgan fingerprint density at radius 1 is 1.11 bits per heavy atom. The van der Waals surface area contributed by atoms with Crippen LogP contribution in [0.1, 0.15) is 36.3 Å². The minimum atomic E-state index is -0.000694. The Bertz CT molecular complexity index is 469. The minimum Gasteiger partial charge on any atom is -0.305 e. The molecule has 0 aliphatic heterocycles. The molecule has 0 radical (unpaired) electrons. The third-order valence-corrected chi connectivity index (χ3v) is 2.61. The van der Waals surface area contributed by atoms with Crippen molar-refractivity contribution in [2.24, 2.45) is 0 Å². The Balaban J connectivity index is 2.27. The molecule has 0 aliphatic rings. The van der Waals surface area contributed by atoms with Gasteiger partial charge in [0.2, 0.25) is 0 Å². The van der Waals surface area contributed by atoms with Gasteiger partial charge in [0.05, 0.1) is 23.6 Å². The highest BCUT2D eigenvalue weighted by Crippen LogP contribution is 2.18. The van der Waals surface area contributed by atoms with E-state index in [1.165, 1.54) is 6.33 Å². The molecule has 1 unspecified atom stereocenters. The van der Waals surface area contributed by atoms with E-state index in [0.717, 1.165) is 29.9 Å². The zero-order valence-electron chi connectivity index (χ0n) is 10.7. The van der Waals surface area contributed by atoms with Crippen LogP contribution in [0.15, 0.2) is 31.1 Å². The van der Waals surface area contributed by atoms with E-state index in [1.807, 2.05) is 19.3 Å². The maximum atomic E-state index is 4.43. The quantitative estimate of drug-likeness (QED) is 0.865. The predicted octanol–water partition coefficient (Wildman–Crippen LogP) is 1.66. The van der Waals surface area contributed by atoms with E-state index in [4.69, 9.17) is 0 Å². The minimum absolute atomic E-state index is 0.000694. The molecule has 0 amide bonds. The third kappa shape index (κ3) is 3.07. The van der Waals surface area contributed by atoms with Crippen molar-refractivity contribution in [3.63, 3.8) is 0 Å². The lowest BCUT2D eigenvalue weighted by molar-refractivity contribution is 0.580. The van der Waals surface area contributed by atoms with Gasteiger partial charge < -0.3 is 5.32 Å². The molecule has 94 valence electrons. The van der Waals surface area contributed by atoms with Gasteiger partial charge in [0.1, 0.15) is 6.33 Å². The fourth-order valence-electron chi connectivity index (χ4n) is 1.69. The molecule has 1 N–H and O–H groups in total. The van der Waals surface area contributed by atoms with E-state index in [-0.39, 0.29) is 6.04 Å². The summed E-state index contributed by atoms with van der Waals surface area (Å²) >= 11 is 0. The summed E-state index contributed by atoms with van der Waals surface area (Å²) < 4.78 is 0. The summed E-state index contributed by atoms with van der Waals surface area (Å²) in [6, 6.07) is -0.000694. The average molecular weight is 243 g/mol. The molecule has 0 aromatic carbocycles. The molecular formula is C13H17N5. The van der Waals surface area contributed by atoms with Crippen LogP contribution >= 0.6 is 0 Å². The SMILES string of the molecule is CCCNC(c1cncnc1)c1cnc(C)cn1. The van der Waals surface area contributed by atoms with E-state index in [1.54, 1.807) is 12.4 Å². The van der Waals surface area contributed by atoms with Gasteiger partial charge in [0.15, 0.2) is 0 Å². The molecule has 0 fully saturated rings. The fourth-order valence-corrected chi connectivity index (χ4v) is 1.69. The number of hydrogen-bond donors (Lipinski definition) is 1. The van der Waals surface area contributed by atoms with E-state index in [2.05, 4.69) is 32.2 Å². The van der Waals surface area contributed by atoms with Crippen molar-refractivity contribution >= 4 is 0 Å². The smallest absolute Gasteiger partial charge is 0.115 e. The Morgan fingerprint density at radius 3 is 2.50 bits per heavy atom. The Labute approximate surface area is 107 Å². The van der Waals surface area contributed by atoms with Gasteiger partial charge in [-0.15, -0.1) is 0 Å². The van der Waals surface area contributed by atoms with E-state index >= 15 is 0 Å². The zero-order valence-corrected chi connectivity index (χ0v) is 10.7. The Morgan fingerprint density at radius 2 is 1.89 bits per heavy atom. The number of nitrogens with one attached hydrogen (secondary N) is 1. The Kier molecular flexibility index (Phi) is 4.30. The summed E-state index contributed by atoms with van der Waals surface area (Å²) in [5.41, 5.74) is 2.81. The van der Waals surface area contributed by atoms with Crippen LogP contribution < -0.4 is 5.32 Å². The van der Waals surface area contributed by atoms with Gasteiger partial charge in [-0.2, -0.15) is 0 Å². The van der Waals surface area contributed by atoms with Crippen molar-refractivity contribution in [3.05, 3.63) is 48.1 Å². The molecule has 2 heterocycles. The lowest BCUT2D eigenvalue weighted by atomic mass is 10.1. The van der Waals surface area contributed by atoms with Gasteiger partial charge in [-0.1, -0.05) is 6.92 Å². The van der Waals surface area contributed by atoms with Gasteiger partial charge in [-0.25, -0.2) is 9.97 Å². The summed E-state index contributed by atoms with van der Waals surface area (Å²) in [5.74, 6) is 0. The molecule has 5 nitrogen and oxygen atoms in total. The molecule has 2 aromatic heterocycles. The van der Waals surface area contributed by atoms with E-state index in [9.17, 15) is 0 Å². The third-order valence-electron chi connectivity index (χ3n) is 2.61. The maximum absolute atomic E-state index is 4.43. The van der Waals surface area contributed by atoms with Crippen LogP contribution in [0.25, 0.3) is 0 Å². The summed E-state index contributed by atoms with van der Waals surface area (Å²) in [4.78, 5) is 16.8. The van der Waals surface area contributed by atoms with Crippen LogP contribution in [0.3, 0.4) is 0 Å². The van der Waals surface area contributed by atoms with E-state index in [0.29, 0.717) is 0 Å². The molecule has 5 heteroatoms. The number of aromatic nitrogens is 4. The second-order valence-electron chi connectivity index (χ2n) is 4.14. The summed E-state index contributed by atoms with van der Waals surface area (Å²) in [6.07, 6.45) is 9.78. The standard InChI is InChI=1S/C13H17N5/c1-3-4-16-13(11-6-14-9-15-7-11)12-8-17-10(2)5-18-12/h5-9,13,16H,3-4H2,1-2H3. The molecule has 2 aromatic rings. The van der Waals surface area contributed by atoms with Gasteiger partial charge in [0.25, 0.3) is 0 Å². The molecule has 0 saturated carbocycles. The second kappa shape index (κ2) is 6.16. The second-order valence-corrected chi connectivity index (χ2v) is 4.14. The van der Waals surface area contributed by atoms with E-state index < -0.39 is 0 Å². The molecule has 18 heavy (non-hydrogen) atoms. The number of nitrogens with zero attached hydrogens (tertiary/aromatic N) is 4. The van der Waals surface area contributed by atoms with Crippen LogP contribution in [0.4, 0.5) is 0 Å². The number of hydrogen-bond acceptors (Lipinski definition) is 5. The van der Waals surface area contributed by atoms with Crippen molar-refractivity contribution in [1.82, 2.24) is 25.3 Å². The first-order valence-corrected chi connectivity index (χ1v) is 6.08. The molecule has 0 aliphatic carbocycles. The Hall–Kier alpha value is -1.88. The molecule has 0 bridgehead atoms. The highest BCUT2D eigenvalue weighted by atomic mass is 15.0. The van der Waals surface area contributed by atoms with Crippen LogP contribution in [0.5, 0.6) is 0 Å². The lowest BCUT2D eigenvalue weighted by Crippen LogP contribution is -2.24. The highest BCUT2D eigenvalue weighted by molar-refractivity contribution is 5.21. The maximum Gasteiger partial charge on any atom is 0.115 e. The first-order chi connectivity index (χ1) is 8.81. The van der Waals surface area contributed by atoms with Gasteiger partial charge in [0, 0.05) is 24.2 Å².